The van der Waals surface area contributed by atoms with E-state index in [4.69, 9.17) is 0 Å². The van der Waals surface area contributed by atoms with Gasteiger partial charge in [-0.15, -0.1) is 13.2 Å². The fraction of sp³-hybridized carbons (Fsp3) is 0.375. The number of fused-ring (bicyclic) bond motifs is 1. The number of rotatable bonds is 3. The van der Waals surface area contributed by atoms with Crippen molar-refractivity contribution in [2.75, 3.05) is 6.54 Å². The van der Waals surface area contributed by atoms with Gasteiger partial charge in [0.25, 0.3) is 0 Å². The Morgan fingerprint density at radius 2 is 1.81 bits per heavy atom. The number of para-hydroxylation sites is 1. The van der Waals surface area contributed by atoms with Gasteiger partial charge in [0.05, 0.1) is 5.69 Å². The third kappa shape index (κ3) is 4.43. The smallest absolute Gasteiger partial charge is 0.405 e. The second-order valence-corrected chi connectivity index (χ2v) is 5.78. The van der Waals surface area contributed by atoms with Crippen molar-refractivity contribution in [2.45, 2.75) is 32.0 Å². The van der Waals surface area contributed by atoms with E-state index in [0.29, 0.717) is 23.4 Å². The summed E-state index contributed by atoms with van der Waals surface area (Å²) in [6.45, 7) is 0.766. The molecule has 1 aromatic carbocycles. The minimum absolute atomic E-state index is 0.159. The lowest BCUT2D eigenvalue weighted by Gasteiger charge is -2.28. The molecule has 0 spiro atoms. The van der Waals surface area contributed by atoms with Crippen LogP contribution in [0.4, 0.5) is 26.3 Å². The Balaban J connectivity index is 1.75. The molecule has 0 unspecified atom stereocenters. The predicted molar refractivity (Wildman–Crippen MR) is 78.0 cm³/mol. The highest BCUT2D eigenvalue weighted by atomic mass is 19.4. The average molecular weight is 377 g/mol. The van der Waals surface area contributed by atoms with Crippen molar-refractivity contribution in [1.82, 2.24) is 14.9 Å². The molecule has 0 saturated carbocycles. The van der Waals surface area contributed by atoms with E-state index in [1.54, 1.807) is 11.0 Å². The molecule has 0 bridgehead atoms. The van der Waals surface area contributed by atoms with Gasteiger partial charge < -0.3 is 4.74 Å². The van der Waals surface area contributed by atoms with Gasteiger partial charge in [-0.3, -0.25) is 4.90 Å². The molecule has 2 aromatic rings. The standard InChI is InChI=1S/C16H13F6N3O/c17-15(18,19)14-23-7-11-9-25(6-5-12(11)24-14)8-10-3-1-2-4-13(10)26-16(20,21)22/h1-4,7H,5-6,8-9H2. The molecule has 4 nitrogen and oxygen atoms in total. The summed E-state index contributed by atoms with van der Waals surface area (Å²) in [4.78, 5) is 8.69. The van der Waals surface area contributed by atoms with Crippen LogP contribution in [0.3, 0.4) is 0 Å². The van der Waals surface area contributed by atoms with Crippen LogP contribution in [0.1, 0.15) is 22.6 Å². The van der Waals surface area contributed by atoms with Crippen molar-refractivity contribution >= 4 is 0 Å². The highest BCUT2D eigenvalue weighted by Gasteiger charge is 2.36. The second kappa shape index (κ2) is 6.75. The van der Waals surface area contributed by atoms with Gasteiger partial charge in [-0.05, 0) is 6.07 Å². The Morgan fingerprint density at radius 1 is 1.08 bits per heavy atom. The third-order valence-electron chi connectivity index (χ3n) is 3.86. The van der Waals surface area contributed by atoms with Crippen LogP contribution in [-0.2, 0) is 25.7 Å². The average Bonchev–Trinajstić information content (AvgIpc) is 2.54. The van der Waals surface area contributed by atoms with Crippen LogP contribution in [0.25, 0.3) is 0 Å². The van der Waals surface area contributed by atoms with E-state index < -0.39 is 18.4 Å². The lowest BCUT2D eigenvalue weighted by atomic mass is 10.1. The van der Waals surface area contributed by atoms with Crippen LogP contribution >= 0.6 is 0 Å². The summed E-state index contributed by atoms with van der Waals surface area (Å²) >= 11 is 0. The zero-order valence-corrected chi connectivity index (χ0v) is 13.2. The first-order valence-corrected chi connectivity index (χ1v) is 7.60. The van der Waals surface area contributed by atoms with Crippen molar-refractivity contribution < 1.29 is 31.1 Å². The molecule has 0 radical (unpaired) electrons. The summed E-state index contributed by atoms with van der Waals surface area (Å²) in [6, 6.07) is 5.76. The largest absolute Gasteiger partial charge is 0.573 e. The topological polar surface area (TPSA) is 38.2 Å². The summed E-state index contributed by atoms with van der Waals surface area (Å²) in [5.41, 5.74) is 1.17. The van der Waals surface area contributed by atoms with Crippen LogP contribution in [0.2, 0.25) is 0 Å². The molecular weight excluding hydrogens is 364 g/mol. The molecule has 26 heavy (non-hydrogen) atoms. The Morgan fingerprint density at radius 3 is 2.50 bits per heavy atom. The molecule has 2 heterocycles. The van der Waals surface area contributed by atoms with Crippen molar-refractivity contribution in [3.63, 3.8) is 0 Å². The highest BCUT2D eigenvalue weighted by molar-refractivity contribution is 5.34. The molecule has 0 aliphatic carbocycles. The van der Waals surface area contributed by atoms with E-state index in [1.807, 2.05) is 0 Å². The van der Waals surface area contributed by atoms with Crippen molar-refractivity contribution in [2.24, 2.45) is 0 Å². The predicted octanol–water partition coefficient (Wildman–Crippen LogP) is 3.95. The SMILES string of the molecule is FC(F)(F)Oc1ccccc1CN1CCc2nc(C(F)(F)F)ncc2C1. The van der Waals surface area contributed by atoms with Crippen LogP contribution < -0.4 is 4.74 Å². The first kappa shape index (κ1) is 18.4. The van der Waals surface area contributed by atoms with Crippen molar-refractivity contribution in [3.05, 3.63) is 53.1 Å². The first-order chi connectivity index (χ1) is 12.1. The van der Waals surface area contributed by atoms with Crippen LogP contribution in [-0.4, -0.2) is 27.8 Å². The van der Waals surface area contributed by atoms with Crippen LogP contribution in [0.5, 0.6) is 5.75 Å². The molecule has 1 aliphatic rings. The number of halogens is 6. The lowest BCUT2D eigenvalue weighted by molar-refractivity contribution is -0.275. The number of hydrogen-bond donors (Lipinski definition) is 0. The zero-order chi connectivity index (χ0) is 18.9. The van der Waals surface area contributed by atoms with E-state index >= 15 is 0 Å². The number of nitrogens with zero attached hydrogens (tertiary/aromatic N) is 3. The summed E-state index contributed by atoms with van der Waals surface area (Å²) in [7, 11) is 0. The molecular formula is C16H13F6N3O. The maximum Gasteiger partial charge on any atom is 0.573 e. The fourth-order valence-electron chi connectivity index (χ4n) is 2.75. The van der Waals surface area contributed by atoms with Gasteiger partial charge in [0.1, 0.15) is 5.75 Å². The quantitative estimate of drug-likeness (QED) is 0.760. The molecule has 0 N–H and O–H groups in total. The van der Waals surface area contributed by atoms with Gasteiger partial charge in [-0.1, -0.05) is 18.2 Å². The maximum atomic E-state index is 12.7. The maximum absolute atomic E-state index is 12.7. The van der Waals surface area contributed by atoms with E-state index in [1.165, 1.54) is 18.2 Å². The third-order valence-corrected chi connectivity index (χ3v) is 3.86. The van der Waals surface area contributed by atoms with Gasteiger partial charge in [-0.2, -0.15) is 13.2 Å². The molecule has 0 amide bonds. The summed E-state index contributed by atoms with van der Waals surface area (Å²) in [5, 5.41) is 0. The monoisotopic (exact) mass is 377 g/mol. The Labute approximate surface area is 144 Å². The molecule has 10 heteroatoms. The normalized spacial score (nSPS) is 15.6. The molecule has 1 aromatic heterocycles. The van der Waals surface area contributed by atoms with Crippen molar-refractivity contribution in [3.8, 4) is 5.75 Å². The van der Waals surface area contributed by atoms with Crippen molar-refractivity contribution in [1.29, 1.82) is 0 Å². The Kier molecular flexibility index (Phi) is 4.78. The minimum atomic E-state index is -4.80. The fourth-order valence-corrected chi connectivity index (χ4v) is 2.75. The Bertz CT molecular complexity index is 790. The van der Waals surface area contributed by atoms with Crippen LogP contribution in [0, 0.1) is 0 Å². The number of ether oxygens (including phenoxy) is 1. The second-order valence-electron chi connectivity index (χ2n) is 5.78. The first-order valence-electron chi connectivity index (χ1n) is 7.60. The van der Waals surface area contributed by atoms with E-state index in [2.05, 4.69) is 14.7 Å². The van der Waals surface area contributed by atoms with Gasteiger partial charge in [-0.25, -0.2) is 9.97 Å². The number of alkyl halides is 6. The van der Waals surface area contributed by atoms with E-state index in [0.717, 1.165) is 6.20 Å². The number of aromatic nitrogens is 2. The van der Waals surface area contributed by atoms with Gasteiger partial charge >= 0.3 is 12.5 Å². The molecule has 0 fully saturated rings. The molecule has 0 saturated heterocycles. The van der Waals surface area contributed by atoms with Gasteiger partial charge in [0.2, 0.25) is 5.82 Å². The molecule has 3 rings (SSSR count). The van der Waals surface area contributed by atoms with E-state index in [-0.39, 0.29) is 25.3 Å². The van der Waals surface area contributed by atoms with Gasteiger partial charge in [0, 0.05) is 43.4 Å². The summed E-state index contributed by atoms with van der Waals surface area (Å²) in [5.74, 6) is -1.48. The molecule has 140 valence electrons. The van der Waals surface area contributed by atoms with Gasteiger partial charge in [0.15, 0.2) is 0 Å². The highest BCUT2D eigenvalue weighted by Crippen LogP contribution is 2.30. The number of benzene rings is 1. The molecule has 1 aliphatic heterocycles. The lowest BCUT2D eigenvalue weighted by Crippen LogP contribution is -2.32. The molecule has 0 atom stereocenters. The number of hydrogen-bond acceptors (Lipinski definition) is 4. The summed E-state index contributed by atoms with van der Waals surface area (Å²) in [6.07, 6.45) is -8.04. The zero-order valence-electron chi connectivity index (χ0n) is 13.2. The summed E-state index contributed by atoms with van der Waals surface area (Å²) < 4.78 is 79.5. The Hall–Kier alpha value is -2.36. The minimum Gasteiger partial charge on any atom is -0.405 e. The van der Waals surface area contributed by atoms with E-state index in [9.17, 15) is 26.3 Å². The van der Waals surface area contributed by atoms with Crippen LogP contribution in [0.15, 0.2) is 30.5 Å².